The lowest BCUT2D eigenvalue weighted by Crippen LogP contribution is -2.71. The van der Waals surface area contributed by atoms with E-state index in [2.05, 4.69) is 31.1 Å². The average molecular weight is 613 g/mol. The molecule has 216 valence electrons. The van der Waals surface area contributed by atoms with Crippen LogP contribution in [0.3, 0.4) is 0 Å². The summed E-state index contributed by atoms with van der Waals surface area (Å²) in [5.74, 6) is -4.83. The highest BCUT2D eigenvalue weighted by atomic mass is 32.2. The Hall–Kier alpha value is -5.10. The molecule has 0 radical (unpaired) electrons. The van der Waals surface area contributed by atoms with Crippen molar-refractivity contribution in [2.24, 2.45) is 7.05 Å². The molecule has 3 aromatic rings. The zero-order valence-electron chi connectivity index (χ0n) is 21.3. The molecule has 1 fully saturated rings. The van der Waals surface area contributed by atoms with Crippen molar-refractivity contribution in [2.75, 3.05) is 5.75 Å². The van der Waals surface area contributed by atoms with Crippen LogP contribution in [0.4, 0.5) is 0 Å². The van der Waals surface area contributed by atoms with Gasteiger partial charge in [0.1, 0.15) is 28.7 Å². The van der Waals surface area contributed by atoms with Crippen LogP contribution in [-0.4, -0.2) is 91.1 Å². The number of nitrogens with one attached hydrogen (secondary N) is 3. The molecule has 5 rings (SSSR count). The molecule has 2 aliphatic rings. The van der Waals surface area contributed by atoms with Crippen LogP contribution in [0.25, 0.3) is 0 Å². The van der Waals surface area contributed by atoms with Gasteiger partial charge < -0.3 is 30.9 Å². The third-order valence-electron chi connectivity index (χ3n) is 6.51. The number of benzene rings is 1. The topological polar surface area (TPSA) is 233 Å². The summed E-state index contributed by atoms with van der Waals surface area (Å²) < 4.78 is 1.27. The standard InChI is InChI=1S/C24H20N8O8S2/c1-31-19(28-29-30-31)18(41)11-8-42-23-16(22(38)32(23)17(11)24(39)40)27-21(37)15(9-2-3-13(34)14(35)6-9)26-20(36)10-7-25-5-4-12(10)33/h2-7,15-16,23,34-35H,8H2,1H3,(H,25,33)(H,26,36)(H,27,37)(H,39,40)/t15?,16?,23-/m0/s1. The number of fused-ring (bicyclic) bond motifs is 1. The number of aromatic amines is 1. The molecule has 0 aliphatic carbocycles. The van der Waals surface area contributed by atoms with Gasteiger partial charge in [-0.25, -0.2) is 9.48 Å². The fraction of sp³-hybridized carbons (Fsp3) is 0.208. The fourth-order valence-electron chi connectivity index (χ4n) is 4.41. The van der Waals surface area contributed by atoms with Crippen molar-refractivity contribution in [3.05, 3.63) is 75.1 Å². The Morgan fingerprint density at radius 1 is 1.19 bits per heavy atom. The van der Waals surface area contributed by atoms with Crippen LogP contribution >= 0.6 is 24.0 Å². The largest absolute Gasteiger partial charge is 0.504 e. The molecule has 2 unspecified atom stereocenters. The van der Waals surface area contributed by atoms with Crippen molar-refractivity contribution in [3.63, 3.8) is 0 Å². The number of rotatable bonds is 8. The van der Waals surface area contributed by atoms with Crippen molar-refractivity contribution in [2.45, 2.75) is 17.5 Å². The number of tetrazole rings is 1. The fourth-order valence-corrected chi connectivity index (χ4v) is 6.20. The molecule has 4 heterocycles. The van der Waals surface area contributed by atoms with E-state index in [1.807, 2.05) is 0 Å². The predicted molar refractivity (Wildman–Crippen MR) is 147 cm³/mol. The summed E-state index contributed by atoms with van der Waals surface area (Å²) in [5, 5.41) is 44.8. The molecule has 1 aromatic carbocycles. The normalized spacial score (nSPS) is 18.5. The number of thiocarbonyl (C=S) groups is 1. The van der Waals surface area contributed by atoms with Crippen LogP contribution in [0, 0.1) is 0 Å². The van der Waals surface area contributed by atoms with Crippen LogP contribution in [-0.2, 0) is 21.4 Å². The first-order chi connectivity index (χ1) is 20.0. The minimum absolute atomic E-state index is 0.0273. The van der Waals surface area contributed by atoms with E-state index in [0.29, 0.717) is 0 Å². The molecule has 1 saturated heterocycles. The molecule has 3 atom stereocenters. The first kappa shape index (κ1) is 28.4. The van der Waals surface area contributed by atoms with Gasteiger partial charge in [0.25, 0.3) is 11.8 Å². The molecule has 6 N–H and O–H groups in total. The van der Waals surface area contributed by atoms with Crippen molar-refractivity contribution in [1.29, 1.82) is 0 Å². The molecule has 0 bridgehead atoms. The highest BCUT2D eigenvalue weighted by molar-refractivity contribution is 8.00. The number of phenolic OH excluding ortho intramolecular Hbond substituents is 2. The number of pyridine rings is 1. The van der Waals surface area contributed by atoms with Crippen molar-refractivity contribution < 1.29 is 34.5 Å². The van der Waals surface area contributed by atoms with Crippen molar-refractivity contribution in [1.82, 2.24) is 40.7 Å². The Morgan fingerprint density at radius 2 is 1.95 bits per heavy atom. The molecule has 2 aromatic heterocycles. The SMILES string of the molecule is Cn1nnnc1C(=S)C1=C(C(=O)O)N2C(=O)C(NC(=O)C(NC(=O)c3c[nH]ccc3=O)c3ccc(O)c(O)c3)[C@@H]2SC1. The monoisotopic (exact) mass is 612 g/mol. The van der Waals surface area contributed by atoms with E-state index in [-0.39, 0.29) is 38.8 Å². The number of aromatic hydroxyl groups is 2. The zero-order valence-corrected chi connectivity index (χ0v) is 23.0. The highest BCUT2D eigenvalue weighted by Gasteiger charge is 2.55. The molecule has 0 spiro atoms. The first-order valence-corrected chi connectivity index (χ1v) is 13.4. The summed E-state index contributed by atoms with van der Waals surface area (Å²) in [7, 11) is 1.53. The third-order valence-corrected chi connectivity index (χ3v) is 8.21. The minimum Gasteiger partial charge on any atom is -0.504 e. The number of carboxylic acid groups (broad SMARTS) is 1. The van der Waals surface area contributed by atoms with Gasteiger partial charge in [-0.15, -0.1) is 16.9 Å². The summed E-state index contributed by atoms with van der Waals surface area (Å²) in [4.78, 5) is 67.7. The number of nitrogens with zero attached hydrogens (tertiary/aromatic N) is 5. The Labute approximate surface area is 244 Å². The summed E-state index contributed by atoms with van der Waals surface area (Å²) in [5.41, 5.74) is -1.10. The van der Waals surface area contributed by atoms with Gasteiger partial charge in [0, 0.05) is 36.8 Å². The Morgan fingerprint density at radius 3 is 2.60 bits per heavy atom. The molecule has 42 heavy (non-hydrogen) atoms. The summed E-state index contributed by atoms with van der Waals surface area (Å²) >= 11 is 6.57. The van der Waals surface area contributed by atoms with E-state index in [4.69, 9.17) is 12.2 Å². The van der Waals surface area contributed by atoms with Gasteiger partial charge in [-0.05, 0) is 28.1 Å². The van der Waals surface area contributed by atoms with Gasteiger partial charge in [-0.2, -0.15) is 0 Å². The number of amides is 3. The number of carboxylic acids is 1. The van der Waals surface area contributed by atoms with E-state index in [1.54, 1.807) is 0 Å². The Kier molecular flexibility index (Phi) is 7.48. The summed E-state index contributed by atoms with van der Waals surface area (Å²) in [6.45, 7) is 0. The number of carbonyl (C=O) groups excluding carboxylic acids is 3. The third kappa shape index (κ3) is 4.96. The van der Waals surface area contributed by atoms with Crippen molar-refractivity contribution in [3.8, 4) is 11.5 Å². The molecule has 18 heteroatoms. The lowest BCUT2D eigenvalue weighted by atomic mass is 9.99. The van der Waals surface area contributed by atoms with Crippen molar-refractivity contribution >= 4 is 52.5 Å². The quantitative estimate of drug-likeness (QED) is 0.0771. The first-order valence-electron chi connectivity index (χ1n) is 12.0. The van der Waals surface area contributed by atoms with E-state index >= 15 is 0 Å². The molecular weight excluding hydrogens is 592 g/mol. The maximum absolute atomic E-state index is 13.5. The number of hydrogen-bond donors (Lipinski definition) is 6. The minimum atomic E-state index is -1.53. The number of aryl methyl sites for hydroxylation is 1. The van der Waals surface area contributed by atoms with Crippen LogP contribution in [0.15, 0.2) is 52.7 Å². The zero-order chi connectivity index (χ0) is 30.3. The number of phenols is 2. The number of H-pyrrole nitrogens is 1. The van der Waals surface area contributed by atoms with Gasteiger partial charge in [-0.1, -0.05) is 18.3 Å². The van der Waals surface area contributed by atoms with Gasteiger partial charge in [0.05, 0.1) is 4.86 Å². The number of β-lactam (4-membered cyclic amide) rings is 1. The van der Waals surface area contributed by atoms with Crippen LogP contribution in [0.1, 0.15) is 27.8 Å². The Bertz CT molecular complexity index is 1750. The summed E-state index contributed by atoms with van der Waals surface area (Å²) in [6.07, 6.45) is 2.46. The summed E-state index contributed by atoms with van der Waals surface area (Å²) in [6, 6.07) is 1.81. The number of aliphatic carboxylic acids is 1. The van der Waals surface area contributed by atoms with Gasteiger partial charge in [0.15, 0.2) is 22.8 Å². The highest BCUT2D eigenvalue weighted by Crippen LogP contribution is 2.41. The molecule has 3 amide bonds. The number of carbonyl (C=O) groups is 4. The second-order valence-corrected chi connectivity index (χ2v) is 10.6. The van der Waals surface area contributed by atoms with E-state index in [9.17, 15) is 39.3 Å². The van der Waals surface area contributed by atoms with Gasteiger partial charge in [-0.3, -0.25) is 24.1 Å². The lowest BCUT2D eigenvalue weighted by molar-refractivity contribution is -0.150. The van der Waals surface area contributed by atoms with Gasteiger partial charge >= 0.3 is 5.97 Å². The molecule has 0 saturated carbocycles. The smallest absolute Gasteiger partial charge is 0.353 e. The van der Waals surface area contributed by atoms with Crippen LogP contribution in [0.5, 0.6) is 11.5 Å². The number of thioether (sulfide) groups is 1. The van der Waals surface area contributed by atoms with E-state index in [0.717, 1.165) is 41.1 Å². The second-order valence-electron chi connectivity index (χ2n) is 9.06. The van der Waals surface area contributed by atoms with Crippen LogP contribution in [0.2, 0.25) is 0 Å². The molecule has 16 nitrogen and oxygen atoms in total. The maximum Gasteiger partial charge on any atom is 0.353 e. The Balaban J connectivity index is 1.41. The lowest BCUT2D eigenvalue weighted by Gasteiger charge is -2.49. The average Bonchev–Trinajstić information content (AvgIpc) is 3.40. The van der Waals surface area contributed by atoms with Crippen LogP contribution < -0.4 is 16.1 Å². The predicted octanol–water partition coefficient (Wildman–Crippen LogP) is -1.06. The second kappa shape index (κ2) is 11.1. The molecular formula is C24H20N8O8S2. The van der Waals surface area contributed by atoms with E-state index in [1.165, 1.54) is 24.0 Å². The maximum atomic E-state index is 13.5. The number of aromatic nitrogens is 5. The molecule has 2 aliphatic heterocycles. The van der Waals surface area contributed by atoms with Gasteiger partial charge in [0.2, 0.25) is 5.91 Å². The van der Waals surface area contributed by atoms with E-state index < -0.39 is 58.1 Å². The number of hydrogen-bond acceptors (Lipinski definition) is 12.